The van der Waals surface area contributed by atoms with Gasteiger partial charge in [-0.3, -0.25) is 4.98 Å². The molecule has 6 rings (SSSR count). The third-order valence-electron chi connectivity index (χ3n) is 8.82. The predicted octanol–water partition coefficient (Wildman–Crippen LogP) is 6.49. The molecule has 244 valence electrons. The van der Waals surface area contributed by atoms with Crippen LogP contribution in [0.15, 0.2) is 47.1 Å². The number of aromatic nitrogens is 3. The standard InChI is InChI=1S/C34H44BrN8O2P/c1-5-22-8-9-24-27(39-22)10-11-28(32(24)46(3,4)44)40-33-26(35)20-38-34(42-33)41-29-18-25(21-6-7-21)30(19-31(29)45-2)43-16-12-23(13-17-43)37-15-14-36/h8-11,18-21,23,37H,5-7,12-17,36H2,1-4H3,(H2,38,40,41,42). The van der Waals surface area contributed by atoms with Crippen molar-refractivity contribution in [3.05, 3.63) is 58.3 Å². The van der Waals surface area contributed by atoms with Gasteiger partial charge in [0.25, 0.3) is 0 Å². The average molecular weight is 708 g/mol. The van der Waals surface area contributed by atoms with Crippen molar-refractivity contribution in [1.29, 1.82) is 0 Å². The number of ether oxygens (including phenoxy) is 1. The van der Waals surface area contributed by atoms with E-state index in [0.29, 0.717) is 34.7 Å². The lowest BCUT2D eigenvalue weighted by molar-refractivity contribution is 0.412. The van der Waals surface area contributed by atoms with Crippen molar-refractivity contribution in [2.75, 3.05) is 62.2 Å². The van der Waals surface area contributed by atoms with Crippen molar-refractivity contribution >= 4 is 68.1 Å². The fourth-order valence-electron chi connectivity index (χ4n) is 6.33. The van der Waals surface area contributed by atoms with E-state index in [-0.39, 0.29) is 0 Å². The molecule has 5 N–H and O–H groups in total. The van der Waals surface area contributed by atoms with Crippen LogP contribution in [0, 0.1) is 0 Å². The number of fused-ring (bicyclic) bond motifs is 1. The Morgan fingerprint density at radius 2 is 1.83 bits per heavy atom. The van der Waals surface area contributed by atoms with Crippen LogP contribution in [-0.4, -0.2) is 67.6 Å². The van der Waals surface area contributed by atoms with Crippen LogP contribution >= 0.6 is 23.1 Å². The molecule has 2 aromatic heterocycles. The monoisotopic (exact) mass is 706 g/mol. The molecule has 46 heavy (non-hydrogen) atoms. The molecular formula is C34H44BrN8O2P. The quantitative estimate of drug-likeness (QED) is 0.121. The van der Waals surface area contributed by atoms with Crippen LogP contribution in [0.2, 0.25) is 0 Å². The molecule has 2 aliphatic rings. The Kier molecular flexibility index (Phi) is 9.85. The molecule has 2 aromatic carbocycles. The lowest BCUT2D eigenvalue weighted by atomic mass is 10.0. The zero-order chi connectivity index (χ0) is 32.4. The molecule has 0 radical (unpaired) electrons. The molecule has 1 saturated carbocycles. The van der Waals surface area contributed by atoms with Crippen LogP contribution in [0.3, 0.4) is 0 Å². The van der Waals surface area contributed by atoms with Gasteiger partial charge in [0, 0.05) is 66.6 Å². The van der Waals surface area contributed by atoms with Gasteiger partial charge in [-0.2, -0.15) is 4.98 Å². The summed E-state index contributed by atoms with van der Waals surface area (Å²) < 4.78 is 20.2. The van der Waals surface area contributed by atoms with Crippen molar-refractivity contribution in [3.63, 3.8) is 0 Å². The van der Waals surface area contributed by atoms with Gasteiger partial charge >= 0.3 is 0 Å². The average Bonchev–Trinajstić information content (AvgIpc) is 3.90. The summed E-state index contributed by atoms with van der Waals surface area (Å²) >= 11 is 3.62. The maximum absolute atomic E-state index is 13.6. The summed E-state index contributed by atoms with van der Waals surface area (Å²) in [6.45, 7) is 9.18. The molecule has 3 heterocycles. The van der Waals surface area contributed by atoms with E-state index in [1.54, 1.807) is 26.6 Å². The van der Waals surface area contributed by atoms with E-state index in [4.69, 9.17) is 20.4 Å². The SMILES string of the molecule is CCc1ccc2c(P(C)(C)=O)c(Nc3nc(Nc4cc(C5CC5)c(N5CCC(NCCN)CC5)cc4OC)ncc3Br)ccc2n1. The highest BCUT2D eigenvalue weighted by Gasteiger charge is 2.31. The predicted molar refractivity (Wildman–Crippen MR) is 194 cm³/mol. The molecule has 10 nitrogen and oxygen atoms in total. The molecule has 1 aliphatic heterocycles. The molecule has 1 aliphatic carbocycles. The third kappa shape index (κ3) is 7.18. The second-order valence-corrected chi connectivity index (χ2v) is 16.6. The van der Waals surface area contributed by atoms with Crippen molar-refractivity contribution in [2.24, 2.45) is 5.73 Å². The summed E-state index contributed by atoms with van der Waals surface area (Å²) in [6, 6.07) is 12.8. The number of hydrogen-bond acceptors (Lipinski definition) is 10. The van der Waals surface area contributed by atoms with Crippen molar-refractivity contribution in [1.82, 2.24) is 20.3 Å². The Labute approximate surface area is 279 Å². The van der Waals surface area contributed by atoms with Crippen LogP contribution in [0.25, 0.3) is 10.9 Å². The van der Waals surface area contributed by atoms with Gasteiger partial charge in [0.2, 0.25) is 5.95 Å². The van der Waals surface area contributed by atoms with Gasteiger partial charge < -0.3 is 35.9 Å². The van der Waals surface area contributed by atoms with Gasteiger partial charge in [0.05, 0.1) is 28.5 Å². The number of nitrogens with zero attached hydrogens (tertiary/aromatic N) is 4. The highest BCUT2D eigenvalue weighted by Crippen LogP contribution is 2.48. The van der Waals surface area contributed by atoms with Crippen molar-refractivity contribution in [3.8, 4) is 5.75 Å². The molecule has 0 spiro atoms. The number of hydrogen-bond donors (Lipinski definition) is 4. The number of piperidine rings is 1. The lowest BCUT2D eigenvalue weighted by Crippen LogP contribution is -2.44. The zero-order valence-electron chi connectivity index (χ0n) is 27.1. The first-order chi connectivity index (χ1) is 22.2. The number of halogens is 1. The number of nitrogens with one attached hydrogen (secondary N) is 3. The Balaban J connectivity index is 1.28. The first-order valence-corrected chi connectivity index (χ1v) is 19.5. The van der Waals surface area contributed by atoms with Gasteiger partial charge in [0.15, 0.2) is 0 Å². The summed E-state index contributed by atoms with van der Waals surface area (Å²) in [6.07, 6.45) is 7.13. The van der Waals surface area contributed by atoms with Crippen molar-refractivity contribution in [2.45, 2.75) is 51.0 Å². The van der Waals surface area contributed by atoms with Crippen LogP contribution in [-0.2, 0) is 11.0 Å². The van der Waals surface area contributed by atoms with Crippen LogP contribution in [0.1, 0.15) is 49.8 Å². The summed E-state index contributed by atoms with van der Waals surface area (Å²) in [5, 5.41) is 12.1. The highest BCUT2D eigenvalue weighted by molar-refractivity contribution is 9.10. The van der Waals surface area contributed by atoms with E-state index >= 15 is 0 Å². The number of methoxy groups -OCH3 is 1. The maximum atomic E-state index is 13.6. The van der Waals surface area contributed by atoms with E-state index in [0.717, 1.165) is 77.9 Å². The van der Waals surface area contributed by atoms with Crippen LogP contribution in [0.4, 0.5) is 28.8 Å². The number of aryl methyl sites for hydroxylation is 1. The third-order valence-corrected chi connectivity index (χ3v) is 11.0. The van der Waals surface area contributed by atoms with Crippen molar-refractivity contribution < 1.29 is 9.30 Å². The number of pyridine rings is 1. The molecule has 0 unspecified atom stereocenters. The van der Waals surface area contributed by atoms with E-state index < -0.39 is 7.14 Å². The molecule has 0 amide bonds. The molecule has 1 saturated heterocycles. The molecular weight excluding hydrogens is 663 g/mol. The smallest absolute Gasteiger partial charge is 0.229 e. The first kappa shape index (κ1) is 32.7. The lowest BCUT2D eigenvalue weighted by Gasteiger charge is -2.35. The number of benzene rings is 2. The van der Waals surface area contributed by atoms with E-state index in [1.165, 1.54) is 24.1 Å². The minimum atomic E-state index is -2.69. The Morgan fingerprint density at radius 1 is 1.04 bits per heavy atom. The second-order valence-electron chi connectivity index (χ2n) is 12.6. The summed E-state index contributed by atoms with van der Waals surface area (Å²) in [4.78, 5) is 16.7. The minimum absolute atomic E-state index is 0.429. The second kappa shape index (κ2) is 13.9. The first-order valence-electron chi connectivity index (χ1n) is 16.1. The Morgan fingerprint density at radius 3 is 2.50 bits per heavy atom. The fourth-order valence-corrected chi connectivity index (χ4v) is 8.10. The maximum Gasteiger partial charge on any atom is 0.229 e. The Bertz CT molecular complexity index is 1770. The van der Waals surface area contributed by atoms with Crippen LogP contribution in [0.5, 0.6) is 5.75 Å². The summed E-state index contributed by atoms with van der Waals surface area (Å²) in [5.41, 5.74) is 11.7. The van der Waals surface area contributed by atoms with Gasteiger partial charge in [-0.1, -0.05) is 13.0 Å². The molecule has 0 atom stereocenters. The molecule has 2 fully saturated rings. The van der Waals surface area contributed by atoms with E-state index in [1.807, 2.05) is 24.3 Å². The topological polar surface area (TPSA) is 130 Å². The van der Waals surface area contributed by atoms with Gasteiger partial charge in [0.1, 0.15) is 18.7 Å². The molecule has 12 heteroatoms. The number of anilines is 5. The molecule has 4 aromatic rings. The minimum Gasteiger partial charge on any atom is -0.494 e. The molecule has 0 bridgehead atoms. The number of rotatable bonds is 12. The van der Waals surface area contributed by atoms with Gasteiger partial charge in [-0.25, -0.2) is 4.98 Å². The van der Waals surface area contributed by atoms with E-state index in [9.17, 15) is 4.57 Å². The van der Waals surface area contributed by atoms with Gasteiger partial charge in [-0.05, 0) is 97.1 Å². The normalized spacial score (nSPS) is 15.7. The number of nitrogens with two attached hydrogens (primary N) is 1. The van der Waals surface area contributed by atoms with E-state index in [2.05, 4.69) is 60.8 Å². The van der Waals surface area contributed by atoms with Crippen LogP contribution < -0.4 is 36.6 Å². The largest absolute Gasteiger partial charge is 0.494 e. The summed E-state index contributed by atoms with van der Waals surface area (Å²) in [7, 11) is -0.993. The zero-order valence-corrected chi connectivity index (χ0v) is 29.5. The van der Waals surface area contributed by atoms with Gasteiger partial charge in [-0.15, -0.1) is 0 Å². The highest BCUT2D eigenvalue weighted by atomic mass is 79.9. The Hall–Kier alpha value is -3.24. The fraction of sp³-hybridized carbons (Fsp3) is 0.441. The summed E-state index contributed by atoms with van der Waals surface area (Å²) in [5.74, 6) is 2.29.